The van der Waals surface area contributed by atoms with E-state index in [1.165, 1.54) is 17.7 Å². The molecular weight excluding hydrogens is 424 g/mol. The molecule has 2 aromatic rings. The van der Waals surface area contributed by atoms with Crippen LogP contribution in [0.4, 0.5) is 5.69 Å². The van der Waals surface area contributed by atoms with Crippen LogP contribution in [0.15, 0.2) is 41.8 Å². The molecule has 1 aromatic heterocycles. The molecule has 1 aromatic carbocycles. The van der Waals surface area contributed by atoms with Crippen LogP contribution in [0.1, 0.15) is 53.9 Å². The molecule has 7 nitrogen and oxygen atoms in total. The average molecular weight is 453 g/mol. The minimum atomic E-state index is -0.817. The third kappa shape index (κ3) is 3.51. The van der Waals surface area contributed by atoms with Crippen LogP contribution in [-0.2, 0) is 9.59 Å². The van der Waals surface area contributed by atoms with E-state index in [4.69, 9.17) is 0 Å². The first-order chi connectivity index (χ1) is 15.5. The van der Waals surface area contributed by atoms with Gasteiger partial charge in [0.25, 0.3) is 5.91 Å². The van der Waals surface area contributed by atoms with Crippen LogP contribution in [0.2, 0.25) is 0 Å². The van der Waals surface area contributed by atoms with Crippen LogP contribution in [0.5, 0.6) is 0 Å². The van der Waals surface area contributed by atoms with Crippen molar-refractivity contribution in [2.24, 2.45) is 0 Å². The number of amides is 3. The average Bonchev–Trinajstić information content (AvgIpc) is 3.55. The SMILES string of the molecule is CC12CCC(=O)N1c1ccccc1C(=O)N2CC(=O)NCC(c1cccs1)N1CCCC1. The predicted octanol–water partition coefficient (Wildman–Crippen LogP) is 3.00. The van der Waals surface area contributed by atoms with Crippen LogP contribution in [0.25, 0.3) is 0 Å². The summed E-state index contributed by atoms with van der Waals surface area (Å²) in [7, 11) is 0. The van der Waals surface area contributed by atoms with Gasteiger partial charge in [0, 0.05) is 17.8 Å². The minimum absolute atomic E-state index is 0.00958. The fraction of sp³-hybridized carbons (Fsp3) is 0.458. The highest BCUT2D eigenvalue weighted by atomic mass is 32.1. The Labute approximate surface area is 192 Å². The Morgan fingerprint density at radius 3 is 2.69 bits per heavy atom. The number of anilines is 1. The highest BCUT2D eigenvalue weighted by Gasteiger charge is 2.53. The number of nitrogens with one attached hydrogen (secondary N) is 1. The van der Waals surface area contributed by atoms with E-state index in [-0.39, 0.29) is 30.3 Å². The lowest BCUT2D eigenvalue weighted by atomic mass is 9.98. The van der Waals surface area contributed by atoms with Crippen molar-refractivity contribution in [1.82, 2.24) is 15.1 Å². The van der Waals surface area contributed by atoms with Crippen LogP contribution < -0.4 is 10.2 Å². The van der Waals surface area contributed by atoms with E-state index in [0.29, 0.717) is 30.6 Å². The molecule has 0 aliphatic carbocycles. The minimum Gasteiger partial charge on any atom is -0.353 e. The number of benzene rings is 1. The molecule has 168 valence electrons. The summed E-state index contributed by atoms with van der Waals surface area (Å²) in [5, 5.41) is 5.14. The first-order valence-electron chi connectivity index (χ1n) is 11.3. The van der Waals surface area contributed by atoms with Crippen molar-refractivity contribution in [3.63, 3.8) is 0 Å². The third-order valence-electron chi connectivity index (χ3n) is 6.99. The van der Waals surface area contributed by atoms with E-state index in [9.17, 15) is 14.4 Å². The number of likely N-dealkylation sites (tertiary alicyclic amines) is 1. The van der Waals surface area contributed by atoms with Gasteiger partial charge in [-0.15, -0.1) is 11.3 Å². The Hall–Kier alpha value is -2.71. The van der Waals surface area contributed by atoms with Crippen LogP contribution >= 0.6 is 11.3 Å². The van der Waals surface area contributed by atoms with E-state index in [1.54, 1.807) is 33.3 Å². The normalized spacial score (nSPS) is 23.9. The Kier molecular flexibility index (Phi) is 5.51. The molecule has 2 unspecified atom stereocenters. The predicted molar refractivity (Wildman–Crippen MR) is 123 cm³/mol. The van der Waals surface area contributed by atoms with E-state index in [0.717, 1.165) is 13.1 Å². The lowest BCUT2D eigenvalue weighted by Gasteiger charge is -2.48. The van der Waals surface area contributed by atoms with Gasteiger partial charge in [-0.3, -0.25) is 24.2 Å². The molecule has 8 heteroatoms. The monoisotopic (exact) mass is 452 g/mol. The maximum absolute atomic E-state index is 13.3. The van der Waals surface area contributed by atoms with Crippen molar-refractivity contribution >= 4 is 34.7 Å². The zero-order valence-electron chi connectivity index (χ0n) is 18.3. The first-order valence-corrected chi connectivity index (χ1v) is 12.2. The van der Waals surface area contributed by atoms with Gasteiger partial charge in [0.15, 0.2) is 0 Å². The second-order valence-electron chi connectivity index (χ2n) is 8.93. The zero-order valence-corrected chi connectivity index (χ0v) is 19.1. The number of nitrogens with zero attached hydrogens (tertiary/aromatic N) is 3. The van der Waals surface area contributed by atoms with E-state index >= 15 is 0 Å². The molecule has 0 spiro atoms. The topological polar surface area (TPSA) is 73.0 Å². The Morgan fingerprint density at radius 2 is 1.94 bits per heavy atom. The Morgan fingerprint density at radius 1 is 1.16 bits per heavy atom. The third-order valence-corrected chi connectivity index (χ3v) is 7.97. The van der Waals surface area contributed by atoms with Gasteiger partial charge >= 0.3 is 0 Å². The summed E-state index contributed by atoms with van der Waals surface area (Å²) in [5.74, 6) is -0.401. The molecule has 2 fully saturated rings. The molecule has 0 bridgehead atoms. The largest absolute Gasteiger partial charge is 0.353 e. The van der Waals surface area contributed by atoms with Crippen LogP contribution in [0.3, 0.4) is 0 Å². The molecule has 1 N–H and O–H groups in total. The highest BCUT2D eigenvalue weighted by Crippen LogP contribution is 2.43. The summed E-state index contributed by atoms with van der Waals surface area (Å²) < 4.78 is 0. The molecular formula is C24H28N4O3S. The van der Waals surface area contributed by atoms with Crippen molar-refractivity contribution < 1.29 is 14.4 Å². The number of hydrogen-bond acceptors (Lipinski definition) is 5. The summed E-state index contributed by atoms with van der Waals surface area (Å²) in [4.78, 5) is 46.0. The quantitative estimate of drug-likeness (QED) is 0.731. The molecule has 0 radical (unpaired) electrons. The summed E-state index contributed by atoms with van der Waals surface area (Å²) in [6.45, 7) is 4.41. The second kappa shape index (κ2) is 8.33. The van der Waals surface area contributed by atoms with Gasteiger partial charge in [0.05, 0.1) is 17.3 Å². The summed E-state index contributed by atoms with van der Waals surface area (Å²) >= 11 is 1.71. The molecule has 3 aliphatic heterocycles. The van der Waals surface area contributed by atoms with Gasteiger partial charge < -0.3 is 10.2 Å². The lowest BCUT2D eigenvalue weighted by molar-refractivity contribution is -0.124. The van der Waals surface area contributed by atoms with Crippen LogP contribution in [0, 0.1) is 0 Å². The highest BCUT2D eigenvalue weighted by molar-refractivity contribution is 7.10. The van der Waals surface area contributed by atoms with Gasteiger partial charge in [0.2, 0.25) is 11.8 Å². The molecule has 4 heterocycles. The molecule has 3 amide bonds. The molecule has 5 rings (SSSR count). The first kappa shape index (κ1) is 21.2. The van der Waals surface area contributed by atoms with E-state index < -0.39 is 5.66 Å². The van der Waals surface area contributed by atoms with Crippen molar-refractivity contribution in [2.45, 2.75) is 44.3 Å². The van der Waals surface area contributed by atoms with Crippen molar-refractivity contribution in [3.8, 4) is 0 Å². The van der Waals surface area contributed by atoms with Crippen LogP contribution in [-0.4, -0.2) is 59.4 Å². The number of carbonyl (C=O) groups is 3. The maximum atomic E-state index is 13.3. The lowest BCUT2D eigenvalue weighted by Crippen LogP contribution is -2.64. The van der Waals surface area contributed by atoms with Crippen molar-refractivity contribution in [3.05, 3.63) is 52.2 Å². The van der Waals surface area contributed by atoms with Gasteiger partial charge in [-0.2, -0.15) is 0 Å². The number of carbonyl (C=O) groups excluding carboxylic acids is 3. The number of hydrogen-bond donors (Lipinski definition) is 1. The fourth-order valence-electron chi connectivity index (χ4n) is 5.30. The Balaban J connectivity index is 1.33. The maximum Gasteiger partial charge on any atom is 0.258 e. The summed E-state index contributed by atoms with van der Waals surface area (Å²) in [5.41, 5.74) is 0.301. The number of thiophene rings is 1. The van der Waals surface area contributed by atoms with Crippen molar-refractivity contribution in [1.29, 1.82) is 0 Å². The standard InChI is InChI=1S/C24H28N4O3S/c1-24-11-10-22(30)28(24)18-8-3-2-7-17(18)23(31)27(24)16-21(29)25-15-19(20-9-6-14-32-20)26-12-4-5-13-26/h2-3,6-9,14,19H,4-5,10-13,15-16H2,1H3,(H,25,29). The fourth-order valence-corrected chi connectivity index (χ4v) is 6.16. The number of rotatable bonds is 6. The molecule has 0 saturated carbocycles. The van der Waals surface area contributed by atoms with Gasteiger partial charge in [-0.05, 0) is 62.9 Å². The molecule has 2 saturated heterocycles. The van der Waals surface area contributed by atoms with Gasteiger partial charge in [-0.1, -0.05) is 18.2 Å². The second-order valence-corrected chi connectivity index (χ2v) is 9.91. The van der Waals surface area contributed by atoms with E-state index in [2.05, 4.69) is 21.7 Å². The van der Waals surface area contributed by atoms with E-state index in [1.807, 2.05) is 25.1 Å². The molecule has 32 heavy (non-hydrogen) atoms. The number of para-hydroxylation sites is 1. The summed E-state index contributed by atoms with van der Waals surface area (Å²) in [6, 6.07) is 11.5. The van der Waals surface area contributed by atoms with Gasteiger partial charge in [0.1, 0.15) is 12.2 Å². The molecule has 2 atom stereocenters. The smallest absolute Gasteiger partial charge is 0.258 e. The van der Waals surface area contributed by atoms with Crippen molar-refractivity contribution in [2.75, 3.05) is 31.1 Å². The molecule has 3 aliphatic rings. The van der Waals surface area contributed by atoms with Gasteiger partial charge in [-0.25, -0.2) is 0 Å². The Bertz CT molecular complexity index is 1030. The zero-order chi connectivity index (χ0) is 22.3. The summed E-state index contributed by atoms with van der Waals surface area (Å²) in [6.07, 6.45) is 3.25. The number of fused-ring (bicyclic) bond motifs is 3.